The van der Waals surface area contributed by atoms with Crippen LogP contribution < -0.4 is 16.0 Å². The monoisotopic (exact) mass is 546 g/mol. The lowest BCUT2D eigenvalue weighted by atomic mass is 9.96. The van der Waals surface area contributed by atoms with Gasteiger partial charge in [0, 0.05) is 25.2 Å². The van der Waals surface area contributed by atoms with Crippen LogP contribution in [0.15, 0.2) is 39.7 Å². The van der Waals surface area contributed by atoms with Crippen LogP contribution in [0.5, 0.6) is 0 Å². The number of carbonyl (C=O) groups excluding carboxylic acids is 1. The van der Waals surface area contributed by atoms with Gasteiger partial charge in [-0.15, -0.1) is 24.0 Å². The normalized spacial score (nSPS) is 13.2. The molecule has 1 atom stereocenters. The third kappa shape index (κ3) is 8.86. The van der Waals surface area contributed by atoms with E-state index in [1.165, 1.54) is 12.1 Å². The standard InChI is InChI=1S/C22H31FN4O3.HI/c1-5-24-21(27-14-22(4,29)19-11-15(2)30-16(19)3)26-10-9-25-20(28)13-17-7-6-8-18(23)12-17;/h6-8,11-12,29H,5,9-10,13-14H2,1-4H3,(H,25,28)(H2,24,26,27);1H. The van der Waals surface area contributed by atoms with Crippen molar-refractivity contribution in [2.75, 3.05) is 26.2 Å². The number of hydrogen-bond acceptors (Lipinski definition) is 4. The first-order valence-corrected chi connectivity index (χ1v) is 10.0. The van der Waals surface area contributed by atoms with Gasteiger partial charge in [0.15, 0.2) is 5.96 Å². The minimum Gasteiger partial charge on any atom is -0.466 e. The van der Waals surface area contributed by atoms with Gasteiger partial charge in [0.25, 0.3) is 0 Å². The highest BCUT2D eigenvalue weighted by molar-refractivity contribution is 14.0. The van der Waals surface area contributed by atoms with Crippen molar-refractivity contribution in [2.45, 2.75) is 39.7 Å². The zero-order chi connectivity index (χ0) is 22.1. The summed E-state index contributed by atoms with van der Waals surface area (Å²) in [5, 5.41) is 19.8. The zero-order valence-electron chi connectivity index (χ0n) is 18.4. The molecule has 0 radical (unpaired) electrons. The second-order valence-electron chi connectivity index (χ2n) is 7.38. The summed E-state index contributed by atoms with van der Waals surface area (Å²) in [5.41, 5.74) is 0.176. The van der Waals surface area contributed by atoms with Crippen molar-refractivity contribution in [1.82, 2.24) is 16.0 Å². The maximum absolute atomic E-state index is 13.2. The lowest BCUT2D eigenvalue weighted by Crippen LogP contribution is -2.42. The van der Waals surface area contributed by atoms with E-state index in [0.29, 0.717) is 42.5 Å². The number of benzene rings is 1. The summed E-state index contributed by atoms with van der Waals surface area (Å²) in [4.78, 5) is 16.4. The molecule has 0 saturated heterocycles. The third-order valence-corrected chi connectivity index (χ3v) is 4.50. The average Bonchev–Trinajstić information content (AvgIpc) is 3.02. The van der Waals surface area contributed by atoms with Crippen LogP contribution in [0.4, 0.5) is 4.39 Å². The van der Waals surface area contributed by atoms with Crippen molar-refractivity contribution < 1.29 is 18.7 Å². The van der Waals surface area contributed by atoms with Crippen LogP contribution in [0, 0.1) is 19.7 Å². The summed E-state index contributed by atoms with van der Waals surface area (Å²) < 4.78 is 18.7. The molecular weight excluding hydrogens is 514 g/mol. The zero-order valence-corrected chi connectivity index (χ0v) is 20.7. The smallest absolute Gasteiger partial charge is 0.224 e. The van der Waals surface area contributed by atoms with Gasteiger partial charge in [0.1, 0.15) is 22.9 Å². The Labute approximate surface area is 199 Å². The fourth-order valence-corrected chi connectivity index (χ4v) is 3.10. The van der Waals surface area contributed by atoms with E-state index in [1.54, 1.807) is 19.1 Å². The summed E-state index contributed by atoms with van der Waals surface area (Å²) in [7, 11) is 0. The molecule has 7 nitrogen and oxygen atoms in total. The van der Waals surface area contributed by atoms with Gasteiger partial charge in [-0.05, 0) is 51.5 Å². The maximum atomic E-state index is 13.2. The molecule has 1 aromatic carbocycles. The molecule has 1 amide bonds. The van der Waals surface area contributed by atoms with Gasteiger partial charge in [-0.25, -0.2) is 9.38 Å². The van der Waals surface area contributed by atoms with E-state index in [2.05, 4.69) is 20.9 Å². The van der Waals surface area contributed by atoms with E-state index in [4.69, 9.17) is 4.42 Å². The van der Waals surface area contributed by atoms with Crippen molar-refractivity contribution in [1.29, 1.82) is 0 Å². The third-order valence-electron chi connectivity index (χ3n) is 4.50. The lowest BCUT2D eigenvalue weighted by molar-refractivity contribution is -0.120. The van der Waals surface area contributed by atoms with Crippen molar-refractivity contribution in [3.05, 3.63) is 58.8 Å². The lowest BCUT2D eigenvalue weighted by Gasteiger charge is -2.21. The first-order valence-electron chi connectivity index (χ1n) is 10.0. The summed E-state index contributed by atoms with van der Waals surface area (Å²) in [6, 6.07) is 7.81. The number of aliphatic imine (C=N–C) groups is 1. The van der Waals surface area contributed by atoms with Gasteiger partial charge in [-0.2, -0.15) is 0 Å². The number of guanidine groups is 1. The summed E-state index contributed by atoms with van der Waals surface area (Å²) >= 11 is 0. The van der Waals surface area contributed by atoms with E-state index < -0.39 is 5.60 Å². The summed E-state index contributed by atoms with van der Waals surface area (Å²) in [6.45, 7) is 8.93. The van der Waals surface area contributed by atoms with Gasteiger partial charge in [-0.3, -0.25) is 4.79 Å². The van der Waals surface area contributed by atoms with Crippen LogP contribution >= 0.6 is 24.0 Å². The molecule has 0 aliphatic rings. The number of furan rings is 1. The van der Waals surface area contributed by atoms with Crippen LogP contribution in [0.3, 0.4) is 0 Å². The first-order chi connectivity index (χ1) is 14.2. The Hall–Kier alpha value is -2.14. The topological polar surface area (TPSA) is 98.9 Å². The Kier molecular flexibility index (Phi) is 11.0. The number of rotatable bonds is 9. The minimum atomic E-state index is -1.16. The average molecular weight is 546 g/mol. The van der Waals surface area contributed by atoms with Crippen molar-refractivity contribution in [2.24, 2.45) is 4.99 Å². The summed E-state index contributed by atoms with van der Waals surface area (Å²) in [5.74, 6) is 1.41. The molecule has 1 unspecified atom stereocenters. The molecule has 0 spiro atoms. The first kappa shape index (κ1) is 26.9. The largest absolute Gasteiger partial charge is 0.466 e. The van der Waals surface area contributed by atoms with E-state index in [9.17, 15) is 14.3 Å². The molecule has 1 aromatic heterocycles. The van der Waals surface area contributed by atoms with Crippen molar-refractivity contribution in [3.8, 4) is 0 Å². The van der Waals surface area contributed by atoms with Crippen LogP contribution in [0.1, 0.15) is 36.5 Å². The Bertz CT molecular complexity index is 883. The molecule has 0 bridgehead atoms. The number of nitrogens with one attached hydrogen (secondary N) is 3. The van der Waals surface area contributed by atoms with Crippen LogP contribution in [-0.4, -0.2) is 43.2 Å². The molecule has 172 valence electrons. The molecule has 4 N–H and O–H groups in total. The van der Waals surface area contributed by atoms with E-state index >= 15 is 0 Å². The van der Waals surface area contributed by atoms with Crippen LogP contribution in [0.2, 0.25) is 0 Å². The van der Waals surface area contributed by atoms with Crippen molar-refractivity contribution in [3.63, 3.8) is 0 Å². The second-order valence-corrected chi connectivity index (χ2v) is 7.38. The predicted octanol–water partition coefficient (Wildman–Crippen LogP) is 2.78. The SMILES string of the molecule is CCNC(=NCC(C)(O)c1cc(C)oc1C)NCCNC(=O)Cc1cccc(F)c1.I. The Morgan fingerprint density at radius 1 is 1.19 bits per heavy atom. The van der Waals surface area contributed by atoms with E-state index in [0.717, 1.165) is 5.76 Å². The molecule has 0 aliphatic heterocycles. The number of halogens is 2. The molecule has 0 aliphatic carbocycles. The van der Waals surface area contributed by atoms with Gasteiger partial charge in [-0.1, -0.05) is 12.1 Å². The predicted molar refractivity (Wildman–Crippen MR) is 130 cm³/mol. The molecule has 0 fully saturated rings. The molecular formula is C22H32FIN4O3. The highest BCUT2D eigenvalue weighted by atomic mass is 127. The molecule has 31 heavy (non-hydrogen) atoms. The van der Waals surface area contributed by atoms with Gasteiger partial charge < -0.3 is 25.5 Å². The Balaban J connectivity index is 0.00000480. The van der Waals surface area contributed by atoms with Crippen molar-refractivity contribution >= 4 is 35.8 Å². The van der Waals surface area contributed by atoms with E-state index in [-0.39, 0.29) is 48.7 Å². The maximum Gasteiger partial charge on any atom is 0.224 e. The van der Waals surface area contributed by atoms with Gasteiger partial charge in [0.2, 0.25) is 5.91 Å². The van der Waals surface area contributed by atoms with Crippen LogP contribution in [-0.2, 0) is 16.8 Å². The molecule has 0 saturated carbocycles. The fourth-order valence-electron chi connectivity index (χ4n) is 3.10. The highest BCUT2D eigenvalue weighted by Gasteiger charge is 2.27. The van der Waals surface area contributed by atoms with Gasteiger partial charge >= 0.3 is 0 Å². The number of aliphatic hydroxyl groups is 1. The minimum absolute atomic E-state index is 0. The molecule has 2 aromatic rings. The van der Waals surface area contributed by atoms with Crippen LogP contribution in [0.25, 0.3) is 0 Å². The Morgan fingerprint density at radius 2 is 1.90 bits per heavy atom. The molecule has 1 heterocycles. The second kappa shape index (κ2) is 12.7. The molecule has 9 heteroatoms. The molecule has 2 rings (SSSR count). The van der Waals surface area contributed by atoms with E-state index in [1.807, 2.05) is 26.8 Å². The Morgan fingerprint density at radius 3 is 2.52 bits per heavy atom. The fraction of sp³-hybridized carbons (Fsp3) is 0.455. The number of hydrogen-bond donors (Lipinski definition) is 4. The number of aryl methyl sites for hydroxylation is 2. The summed E-state index contributed by atoms with van der Waals surface area (Å²) in [6.07, 6.45) is 0.123. The highest BCUT2D eigenvalue weighted by Crippen LogP contribution is 2.27. The number of carbonyl (C=O) groups is 1. The number of nitrogens with zero attached hydrogens (tertiary/aromatic N) is 1. The quantitative estimate of drug-likeness (QED) is 0.168. The number of amides is 1. The van der Waals surface area contributed by atoms with Gasteiger partial charge in [0.05, 0.1) is 13.0 Å².